The van der Waals surface area contributed by atoms with Crippen LogP contribution in [0, 0.1) is 6.92 Å². The molecular weight excluding hydrogens is 436 g/mol. The van der Waals surface area contributed by atoms with Gasteiger partial charge in [-0.3, -0.25) is 9.89 Å². The summed E-state index contributed by atoms with van der Waals surface area (Å²) in [5.41, 5.74) is 1.70. The second kappa shape index (κ2) is 9.03. The number of H-pyrrole nitrogens is 1. The van der Waals surface area contributed by atoms with Crippen molar-refractivity contribution in [2.75, 3.05) is 18.4 Å². The van der Waals surface area contributed by atoms with E-state index in [9.17, 15) is 4.79 Å². The Morgan fingerprint density at radius 1 is 1.30 bits per heavy atom. The van der Waals surface area contributed by atoms with Crippen molar-refractivity contribution in [3.8, 4) is 22.1 Å². The fraction of sp³-hybridized carbons (Fsp3) is 0.250. The minimum absolute atomic E-state index is 0.0459. The molecule has 1 aromatic carbocycles. The molecular formula is C24H24N6O2S. The normalized spacial score (nSPS) is 16.0. The number of hydrogen-bond donors (Lipinski definition) is 2. The Hall–Kier alpha value is -3.72. The smallest absolute Gasteiger partial charge is 0.246 e. The fourth-order valence-electron chi connectivity index (χ4n) is 4.01. The molecule has 9 heteroatoms. The van der Waals surface area contributed by atoms with Crippen LogP contribution < -0.4 is 10.1 Å². The van der Waals surface area contributed by atoms with E-state index in [1.54, 1.807) is 17.5 Å². The Morgan fingerprint density at radius 3 is 2.91 bits per heavy atom. The van der Waals surface area contributed by atoms with Crippen molar-refractivity contribution in [2.45, 2.75) is 25.8 Å². The summed E-state index contributed by atoms with van der Waals surface area (Å²) in [5, 5.41) is 12.6. The molecule has 1 aliphatic heterocycles. The highest BCUT2D eigenvalue weighted by Gasteiger charge is 2.24. The predicted molar refractivity (Wildman–Crippen MR) is 130 cm³/mol. The van der Waals surface area contributed by atoms with Crippen LogP contribution in [0.5, 0.6) is 11.5 Å². The van der Waals surface area contributed by atoms with Crippen LogP contribution in [0.4, 0.5) is 5.82 Å². The molecule has 0 bridgehead atoms. The number of rotatable bonds is 6. The molecule has 168 valence electrons. The number of nitrogens with zero attached hydrogens (tertiary/aromatic N) is 4. The van der Waals surface area contributed by atoms with Crippen LogP contribution in [0.1, 0.15) is 17.7 Å². The molecule has 8 nitrogen and oxygen atoms in total. The number of carbonyl (C=O) groups is 1. The number of nitrogens with one attached hydrogen (secondary N) is 2. The first-order valence-electron chi connectivity index (χ1n) is 10.8. The molecule has 33 heavy (non-hydrogen) atoms. The Labute approximate surface area is 195 Å². The second-order valence-corrected chi connectivity index (χ2v) is 9.21. The molecule has 3 aromatic heterocycles. The van der Waals surface area contributed by atoms with Gasteiger partial charge in [-0.05, 0) is 50.1 Å². The quantitative estimate of drug-likeness (QED) is 0.402. The van der Waals surface area contributed by atoms with Gasteiger partial charge in [0.2, 0.25) is 5.91 Å². The van der Waals surface area contributed by atoms with Gasteiger partial charge in [0, 0.05) is 48.0 Å². The summed E-state index contributed by atoms with van der Waals surface area (Å²) in [6.07, 6.45) is 6.81. The van der Waals surface area contributed by atoms with Crippen molar-refractivity contribution in [3.05, 3.63) is 60.3 Å². The number of anilines is 1. The molecule has 1 saturated heterocycles. The van der Waals surface area contributed by atoms with Crippen molar-refractivity contribution >= 4 is 34.1 Å². The lowest BCUT2D eigenvalue weighted by Gasteiger charge is -2.32. The largest absolute Gasteiger partial charge is 0.456 e. The molecule has 0 saturated carbocycles. The third kappa shape index (κ3) is 4.45. The Morgan fingerprint density at radius 2 is 2.15 bits per heavy atom. The van der Waals surface area contributed by atoms with Gasteiger partial charge in [0.1, 0.15) is 21.9 Å². The van der Waals surface area contributed by atoms with Crippen molar-refractivity contribution in [1.82, 2.24) is 25.1 Å². The van der Waals surface area contributed by atoms with Crippen molar-refractivity contribution in [2.24, 2.45) is 0 Å². The van der Waals surface area contributed by atoms with E-state index < -0.39 is 0 Å². The van der Waals surface area contributed by atoms with Crippen LogP contribution in [-0.2, 0) is 4.79 Å². The number of aromatic nitrogens is 4. The molecule has 5 rings (SSSR count). The number of piperidine rings is 1. The molecule has 2 N–H and O–H groups in total. The number of fused-ring (bicyclic) bond motifs is 1. The van der Waals surface area contributed by atoms with Crippen LogP contribution in [0.3, 0.4) is 0 Å². The zero-order chi connectivity index (χ0) is 22.8. The van der Waals surface area contributed by atoms with Gasteiger partial charge in [0.15, 0.2) is 11.5 Å². The third-order valence-electron chi connectivity index (χ3n) is 5.62. The highest BCUT2D eigenvalue weighted by molar-refractivity contribution is 7.14. The summed E-state index contributed by atoms with van der Waals surface area (Å²) >= 11 is 1.66. The van der Waals surface area contributed by atoms with Gasteiger partial charge in [-0.2, -0.15) is 5.10 Å². The highest BCUT2D eigenvalue weighted by atomic mass is 32.1. The number of carbonyl (C=O) groups excluding carboxylic acids is 1. The molecule has 0 spiro atoms. The number of aryl methyl sites for hydroxylation is 1. The Balaban J connectivity index is 1.37. The van der Waals surface area contributed by atoms with Crippen LogP contribution in [-0.4, -0.2) is 50.1 Å². The highest BCUT2D eigenvalue weighted by Crippen LogP contribution is 2.34. The molecule has 1 aliphatic rings. The van der Waals surface area contributed by atoms with Crippen LogP contribution >= 0.6 is 11.3 Å². The number of pyridine rings is 1. The van der Waals surface area contributed by atoms with E-state index in [0.29, 0.717) is 29.5 Å². The van der Waals surface area contributed by atoms with Crippen molar-refractivity contribution in [3.63, 3.8) is 0 Å². The minimum atomic E-state index is -0.0459. The van der Waals surface area contributed by atoms with E-state index in [-0.39, 0.29) is 11.9 Å². The zero-order valence-electron chi connectivity index (χ0n) is 18.2. The number of hydrogen-bond acceptors (Lipinski definition) is 7. The Kier molecular flexibility index (Phi) is 5.78. The summed E-state index contributed by atoms with van der Waals surface area (Å²) in [6, 6.07) is 9.80. The van der Waals surface area contributed by atoms with E-state index in [4.69, 9.17) is 4.74 Å². The molecule has 1 atom stereocenters. The average Bonchev–Trinajstić information content (AvgIpc) is 3.46. The summed E-state index contributed by atoms with van der Waals surface area (Å²) in [5.74, 6) is 1.99. The first-order valence-corrected chi connectivity index (χ1v) is 11.6. The van der Waals surface area contributed by atoms with E-state index in [0.717, 1.165) is 35.3 Å². The maximum absolute atomic E-state index is 12.0. The minimum Gasteiger partial charge on any atom is -0.456 e. The molecule has 0 radical (unpaired) electrons. The third-order valence-corrected chi connectivity index (χ3v) is 6.58. The second-order valence-electron chi connectivity index (χ2n) is 7.98. The lowest BCUT2D eigenvalue weighted by atomic mass is 10.1. The fourth-order valence-corrected chi connectivity index (χ4v) is 4.78. The molecule has 4 heterocycles. The molecule has 1 amide bonds. The van der Waals surface area contributed by atoms with Crippen molar-refractivity contribution < 1.29 is 9.53 Å². The number of benzene rings is 1. The van der Waals surface area contributed by atoms with Crippen LogP contribution in [0.2, 0.25) is 0 Å². The van der Waals surface area contributed by atoms with Crippen LogP contribution in [0.15, 0.2) is 55.4 Å². The lowest BCUT2D eigenvalue weighted by Crippen LogP contribution is -2.44. The van der Waals surface area contributed by atoms with Gasteiger partial charge in [0.25, 0.3) is 0 Å². The van der Waals surface area contributed by atoms with Crippen LogP contribution in [0.25, 0.3) is 21.6 Å². The average molecular weight is 461 g/mol. The number of amides is 1. The maximum atomic E-state index is 12.0. The first kappa shape index (κ1) is 21.1. The Bertz CT molecular complexity index is 1300. The SMILES string of the molecule is C=CC(=O)N1CCC[C@@H](Nc2n[nH]c3nccc(Oc4ccc(-c5ncc(C)s5)cc4)c23)C1. The summed E-state index contributed by atoms with van der Waals surface area (Å²) in [6.45, 7) is 6.99. The van der Waals surface area contributed by atoms with Gasteiger partial charge >= 0.3 is 0 Å². The van der Waals surface area contributed by atoms with E-state index in [1.807, 2.05) is 48.4 Å². The summed E-state index contributed by atoms with van der Waals surface area (Å²) in [4.78, 5) is 23.8. The topological polar surface area (TPSA) is 96.0 Å². The summed E-state index contributed by atoms with van der Waals surface area (Å²) in [7, 11) is 0. The predicted octanol–water partition coefficient (Wildman–Crippen LogP) is 4.77. The summed E-state index contributed by atoms with van der Waals surface area (Å²) < 4.78 is 6.22. The van der Waals surface area contributed by atoms with Gasteiger partial charge in [0.05, 0.1) is 0 Å². The van der Waals surface area contributed by atoms with Gasteiger partial charge in [-0.25, -0.2) is 9.97 Å². The lowest BCUT2D eigenvalue weighted by molar-refractivity contribution is -0.127. The molecule has 0 unspecified atom stereocenters. The number of ether oxygens (including phenoxy) is 1. The van der Waals surface area contributed by atoms with Gasteiger partial charge < -0.3 is 15.0 Å². The standard InChI is InChI=1S/C24H24N6O2S/c1-3-20(31)30-12-4-5-17(14-30)27-23-21-19(10-11-25-22(21)28-29-23)32-18-8-6-16(7-9-18)24-26-13-15(2)33-24/h3,6-11,13,17H,1,4-5,12,14H2,2H3,(H2,25,27,28,29)/t17-/m1/s1. The number of thiazole rings is 1. The molecule has 0 aliphatic carbocycles. The first-order chi connectivity index (χ1) is 16.1. The molecule has 1 fully saturated rings. The number of aromatic amines is 1. The maximum Gasteiger partial charge on any atom is 0.246 e. The van der Waals surface area contributed by atoms with E-state index >= 15 is 0 Å². The monoisotopic (exact) mass is 460 g/mol. The molecule has 4 aromatic rings. The van der Waals surface area contributed by atoms with Gasteiger partial charge in [-0.1, -0.05) is 6.58 Å². The number of likely N-dealkylation sites (tertiary alicyclic amines) is 1. The zero-order valence-corrected chi connectivity index (χ0v) is 19.1. The van der Waals surface area contributed by atoms with E-state index in [1.165, 1.54) is 11.0 Å². The van der Waals surface area contributed by atoms with E-state index in [2.05, 4.69) is 32.1 Å². The van der Waals surface area contributed by atoms with Crippen molar-refractivity contribution in [1.29, 1.82) is 0 Å². The van der Waals surface area contributed by atoms with Gasteiger partial charge in [-0.15, -0.1) is 11.3 Å².